The van der Waals surface area contributed by atoms with Gasteiger partial charge >= 0.3 is 0 Å². The molecule has 1 fully saturated rings. The number of aliphatic hydroxyl groups excluding tert-OH is 2. The fourth-order valence-corrected chi connectivity index (χ4v) is 3.10. The van der Waals surface area contributed by atoms with Crippen LogP contribution in [0.4, 0.5) is 0 Å². The maximum absolute atomic E-state index is 9.76. The Morgan fingerprint density at radius 1 is 1.29 bits per heavy atom. The van der Waals surface area contributed by atoms with Gasteiger partial charge in [-0.15, -0.1) is 0 Å². The Labute approximate surface area is 103 Å². The average Bonchev–Trinajstić information content (AvgIpc) is 2.69. The van der Waals surface area contributed by atoms with Gasteiger partial charge in [0.2, 0.25) is 0 Å². The molecule has 3 heteroatoms. The SMILES string of the molecule is CN1CC[C@](CO)(CCO)[C@H]1c1ccccc1. The van der Waals surface area contributed by atoms with Gasteiger partial charge in [0, 0.05) is 18.1 Å². The molecule has 0 unspecified atom stereocenters. The van der Waals surface area contributed by atoms with E-state index in [1.165, 1.54) is 5.56 Å². The van der Waals surface area contributed by atoms with Gasteiger partial charge in [0.05, 0.1) is 6.61 Å². The lowest BCUT2D eigenvalue weighted by Crippen LogP contribution is -2.34. The number of rotatable bonds is 4. The van der Waals surface area contributed by atoms with Crippen molar-refractivity contribution < 1.29 is 10.2 Å². The lowest BCUT2D eigenvalue weighted by atomic mass is 9.75. The monoisotopic (exact) mass is 235 g/mol. The molecule has 0 radical (unpaired) electrons. The zero-order chi connectivity index (χ0) is 12.3. The molecule has 0 amide bonds. The smallest absolute Gasteiger partial charge is 0.0507 e. The molecule has 0 aliphatic carbocycles. The van der Waals surface area contributed by atoms with Crippen LogP contribution in [-0.2, 0) is 0 Å². The third-order valence-electron chi connectivity index (χ3n) is 4.02. The summed E-state index contributed by atoms with van der Waals surface area (Å²) in [7, 11) is 2.09. The molecule has 17 heavy (non-hydrogen) atoms. The third kappa shape index (κ3) is 2.23. The minimum Gasteiger partial charge on any atom is -0.396 e. The summed E-state index contributed by atoms with van der Waals surface area (Å²) in [5.74, 6) is 0. The fraction of sp³-hybridized carbons (Fsp3) is 0.571. The second-order valence-electron chi connectivity index (χ2n) is 5.04. The van der Waals surface area contributed by atoms with Crippen LogP contribution in [0.25, 0.3) is 0 Å². The zero-order valence-corrected chi connectivity index (χ0v) is 10.3. The van der Waals surface area contributed by atoms with Crippen LogP contribution >= 0.6 is 0 Å². The summed E-state index contributed by atoms with van der Waals surface area (Å²) in [5, 5.41) is 19.0. The van der Waals surface area contributed by atoms with E-state index in [4.69, 9.17) is 0 Å². The van der Waals surface area contributed by atoms with Gasteiger partial charge in [0.15, 0.2) is 0 Å². The molecule has 1 aromatic carbocycles. The largest absolute Gasteiger partial charge is 0.396 e. The van der Waals surface area contributed by atoms with Crippen molar-refractivity contribution in [3.63, 3.8) is 0 Å². The van der Waals surface area contributed by atoms with E-state index in [1.807, 2.05) is 18.2 Å². The molecular weight excluding hydrogens is 214 g/mol. The molecule has 1 aliphatic heterocycles. The predicted molar refractivity (Wildman–Crippen MR) is 67.7 cm³/mol. The number of benzene rings is 1. The third-order valence-corrected chi connectivity index (χ3v) is 4.02. The maximum Gasteiger partial charge on any atom is 0.0507 e. The van der Waals surface area contributed by atoms with Crippen molar-refractivity contribution in [3.8, 4) is 0 Å². The van der Waals surface area contributed by atoms with Gasteiger partial charge in [-0.05, 0) is 32.0 Å². The highest BCUT2D eigenvalue weighted by molar-refractivity contribution is 5.23. The van der Waals surface area contributed by atoms with E-state index in [1.54, 1.807) is 0 Å². The van der Waals surface area contributed by atoms with Crippen molar-refractivity contribution >= 4 is 0 Å². The van der Waals surface area contributed by atoms with Gasteiger partial charge in [0.1, 0.15) is 0 Å². The Kier molecular flexibility index (Phi) is 3.82. The zero-order valence-electron chi connectivity index (χ0n) is 10.3. The molecule has 2 N–H and O–H groups in total. The number of nitrogens with zero attached hydrogens (tertiary/aromatic N) is 1. The lowest BCUT2D eigenvalue weighted by Gasteiger charge is -2.35. The van der Waals surface area contributed by atoms with Crippen LogP contribution in [0.3, 0.4) is 0 Å². The van der Waals surface area contributed by atoms with Crippen molar-refractivity contribution in [2.75, 3.05) is 26.8 Å². The second kappa shape index (κ2) is 5.17. The maximum atomic E-state index is 9.76. The minimum atomic E-state index is -0.190. The van der Waals surface area contributed by atoms with Gasteiger partial charge < -0.3 is 10.2 Å². The van der Waals surface area contributed by atoms with E-state index in [0.29, 0.717) is 6.42 Å². The molecule has 3 nitrogen and oxygen atoms in total. The average molecular weight is 235 g/mol. The van der Waals surface area contributed by atoms with E-state index in [-0.39, 0.29) is 24.7 Å². The normalized spacial score (nSPS) is 29.7. The fourth-order valence-electron chi connectivity index (χ4n) is 3.10. The summed E-state index contributed by atoms with van der Waals surface area (Å²) in [5.41, 5.74) is 1.04. The van der Waals surface area contributed by atoms with Crippen LogP contribution in [0.2, 0.25) is 0 Å². The summed E-state index contributed by atoms with van der Waals surface area (Å²) in [6.45, 7) is 1.25. The highest BCUT2D eigenvalue weighted by atomic mass is 16.3. The van der Waals surface area contributed by atoms with Crippen molar-refractivity contribution in [1.82, 2.24) is 4.90 Å². The van der Waals surface area contributed by atoms with Crippen LogP contribution < -0.4 is 0 Å². The molecule has 1 aliphatic rings. The summed E-state index contributed by atoms with van der Waals surface area (Å²) < 4.78 is 0. The molecule has 1 heterocycles. The predicted octanol–water partition coefficient (Wildman–Crippen LogP) is 1.42. The molecule has 2 atom stereocenters. The van der Waals surface area contributed by atoms with E-state index in [0.717, 1.165) is 13.0 Å². The number of hydrogen-bond acceptors (Lipinski definition) is 3. The first-order valence-corrected chi connectivity index (χ1v) is 6.20. The quantitative estimate of drug-likeness (QED) is 0.829. The minimum absolute atomic E-state index is 0.136. The van der Waals surface area contributed by atoms with Gasteiger partial charge in [-0.25, -0.2) is 0 Å². The second-order valence-corrected chi connectivity index (χ2v) is 5.04. The van der Waals surface area contributed by atoms with Crippen molar-refractivity contribution in [2.45, 2.75) is 18.9 Å². The van der Waals surface area contributed by atoms with E-state index in [9.17, 15) is 10.2 Å². The highest BCUT2D eigenvalue weighted by Crippen LogP contribution is 2.48. The molecule has 0 bridgehead atoms. The molecule has 94 valence electrons. The lowest BCUT2D eigenvalue weighted by molar-refractivity contribution is 0.0562. The summed E-state index contributed by atoms with van der Waals surface area (Å²) >= 11 is 0. The first-order chi connectivity index (χ1) is 8.23. The Morgan fingerprint density at radius 3 is 2.59 bits per heavy atom. The van der Waals surface area contributed by atoms with Crippen LogP contribution in [0.1, 0.15) is 24.4 Å². The van der Waals surface area contributed by atoms with Crippen molar-refractivity contribution in [1.29, 1.82) is 0 Å². The Morgan fingerprint density at radius 2 is 2.00 bits per heavy atom. The number of aliphatic hydroxyl groups is 2. The topological polar surface area (TPSA) is 43.7 Å². The Hall–Kier alpha value is -0.900. The molecular formula is C14H21NO2. The molecule has 0 spiro atoms. The van der Waals surface area contributed by atoms with E-state index in [2.05, 4.69) is 24.1 Å². The molecule has 0 aromatic heterocycles. The Balaban J connectivity index is 2.34. The van der Waals surface area contributed by atoms with Crippen molar-refractivity contribution in [2.24, 2.45) is 5.41 Å². The van der Waals surface area contributed by atoms with Crippen molar-refractivity contribution in [3.05, 3.63) is 35.9 Å². The number of likely N-dealkylation sites (tertiary alicyclic amines) is 1. The van der Waals surface area contributed by atoms with Gasteiger partial charge in [-0.2, -0.15) is 0 Å². The van der Waals surface area contributed by atoms with Gasteiger partial charge in [-0.1, -0.05) is 30.3 Å². The van der Waals surface area contributed by atoms with Gasteiger partial charge in [-0.3, -0.25) is 4.90 Å². The summed E-state index contributed by atoms with van der Waals surface area (Å²) in [4.78, 5) is 2.28. The highest BCUT2D eigenvalue weighted by Gasteiger charge is 2.45. The molecule has 1 saturated heterocycles. The van der Waals surface area contributed by atoms with Crippen LogP contribution in [0.15, 0.2) is 30.3 Å². The molecule has 1 aromatic rings. The van der Waals surface area contributed by atoms with Crippen LogP contribution in [-0.4, -0.2) is 41.9 Å². The summed E-state index contributed by atoms with van der Waals surface area (Å²) in [6, 6.07) is 10.5. The molecule has 2 rings (SSSR count). The van der Waals surface area contributed by atoms with Crippen LogP contribution in [0.5, 0.6) is 0 Å². The molecule has 0 saturated carbocycles. The first kappa shape index (κ1) is 12.6. The Bertz CT molecular complexity index is 350. The number of hydrogen-bond donors (Lipinski definition) is 2. The van der Waals surface area contributed by atoms with Gasteiger partial charge in [0.25, 0.3) is 0 Å². The summed E-state index contributed by atoms with van der Waals surface area (Å²) in [6.07, 6.45) is 1.60. The van der Waals surface area contributed by atoms with E-state index < -0.39 is 0 Å². The standard InChI is InChI=1S/C14H21NO2/c1-15-9-7-14(11-17,8-10-16)13(15)12-5-3-2-4-6-12/h2-6,13,16-17H,7-11H2,1H3/t13-,14-/m1/s1. The first-order valence-electron chi connectivity index (χ1n) is 6.20. The van der Waals surface area contributed by atoms with Crippen LogP contribution in [0, 0.1) is 5.41 Å². The van der Waals surface area contributed by atoms with E-state index >= 15 is 0 Å².